The van der Waals surface area contributed by atoms with Crippen molar-refractivity contribution in [1.82, 2.24) is 0 Å². The molecular weight excluding hydrogens is 136 g/mol. The van der Waals surface area contributed by atoms with Crippen LogP contribution in [0.5, 0.6) is 0 Å². The molecule has 0 aliphatic carbocycles. The van der Waals surface area contributed by atoms with Gasteiger partial charge in [0.05, 0.1) is 5.75 Å². The van der Waals surface area contributed by atoms with Gasteiger partial charge in [0.1, 0.15) is 10.7 Å². The molecule has 0 heterocycles. The zero-order valence-corrected chi connectivity index (χ0v) is 7.02. The Labute approximate surface area is 58.2 Å². The Morgan fingerprint density at radius 1 is 1.22 bits per heavy atom. The van der Waals surface area contributed by atoms with E-state index in [9.17, 15) is 8.42 Å². The second kappa shape index (κ2) is 3.88. The van der Waals surface area contributed by atoms with Crippen LogP contribution < -0.4 is 0 Å². The van der Waals surface area contributed by atoms with Crippen LogP contribution >= 0.6 is 0 Å². The monoisotopic (exact) mass is 150 g/mol. The van der Waals surface area contributed by atoms with Crippen LogP contribution in [-0.4, -0.2) is 14.2 Å². The Morgan fingerprint density at radius 3 is 1.78 bits per heavy atom. The summed E-state index contributed by atoms with van der Waals surface area (Å²) in [6.45, 7) is 6.02. The third-order valence-electron chi connectivity index (χ3n) is 1.58. The lowest BCUT2D eigenvalue weighted by atomic mass is 10.0. The molecule has 0 aromatic carbocycles. The van der Waals surface area contributed by atoms with Gasteiger partial charge in [0.15, 0.2) is 0 Å². The number of rotatable bonds is 3. The van der Waals surface area contributed by atoms with E-state index in [-0.39, 0.29) is 0 Å². The van der Waals surface area contributed by atoms with Gasteiger partial charge in [-0.15, -0.1) is 0 Å². The topological polar surface area (TPSA) is 34.1 Å². The highest BCUT2D eigenvalue weighted by molar-refractivity contribution is 7.72. The van der Waals surface area contributed by atoms with Crippen molar-refractivity contribution in [2.75, 3.05) is 5.75 Å². The van der Waals surface area contributed by atoms with Crippen LogP contribution in [0, 0.1) is 11.8 Å². The van der Waals surface area contributed by atoms with Gasteiger partial charge in [-0.05, 0) is 11.8 Å². The molecule has 0 saturated carbocycles. The van der Waals surface area contributed by atoms with E-state index in [4.69, 9.17) is 0 Å². The van der Waals surface area contributed by atoms with Crippen LogP contribution in [0.2, 0.25) is 0 Å². The van der Waals surface area contributed by atoms with Crippen molar-refractivity contribution >= 4 is 10.7 Å². The average Bonchev–Trinajstić information content (AvgIpc) is 1.63. The van der Waals surface area contributed by atoms with Crippen LogP contribution in [0.15, 0.2) is 0 Å². The summed E-state index contributed by atoms with van der Waals surface area (Å²) in [5, 5.41) is 0. The van der Waals surface area contributed by atoms with Gasteiger partial charge in [-0.3, -0.25) is 0 Å². The summed E-state index contributed by atoms with van der Waals surface area (Å²) < 4.78 is 20.3. The van der Waals surface area contributed by atoms with Crippen LogP contribution in [0.4, 0.5) is 0 Å². The molecule has 0 amide bonds. The summed E-state index contributed by atoms with van der Waals surface area (Å²) in [6.07, 6.45) is 0. The largest absolute Gasteiger partial charge is 0.232 e. The highest BCUT2D eigenvalue weighted by Crippen LogP contribution is 2.08. The standard InChI is InChI=1S/C6H14O2S/c1-5(2)6(3)4-9(7)8/h5-6,9H,4H2,1-3H3. The summed E-state index contributed by atoms with van der Waals surface area (Å²) in [7, 11) is -2.17. The van der Waals surface area contributed by atoms with Gasteiger partial charge in [-0.2, -0.15) is 0 Å². The highest BCUT2D eigenvalue weighted by atomic mass is 32.2. The second-order valence-corrected chi connectivity index (χ2v) is 3.77. The molecule has 0 N–H and O–H groups in total. The fourth-order valence-corrected chi connectivity index (χ4v) is 1.34. The van der Waals surface area contributed by atoms with Gasteiger partial charge in [0.25, 0.3) is 0 Å². The molecule has 0 rings (SSSR count). The third kappa shape index (κ3) is 4.45. The first-order valence-electron chi connectivity index (χ1n) is 3.16. The van der Waals surface area contributed by atoms with Gasteiger partial charge < -0.3 is 0 Å². The molecule has 0 aromatic heterocycles. The van der Waals surface area contributed by atoms with Gasteiger partial charge in [0.2, 0.25) is 0 Å². The minimum absolute atomic E-state index is 0.297. The molecule has 3 heteroatoms. The lowest BCUT2D eigenvalue weighted by Crippen LogP contribution is -2.09. The predicted octanol–water partition coefficient (Wildman–Crippen LogP) is 0.890. The third-order valence-corrected chi connectivity index (χ3v) is 2.45. The molecule has 0 saturated heterocycles. The minimum Gasteiger partial charge on any atom is -0.232 e. The van der Waals surface area contributed by atoms with Crippen molar-refractivity contribution < 1.29 is 8.42 Å². The van der Waals surface area contributed by atoms with Crippen molar-refractivity contribution in [2.24, 2.45) is 11.8 Å². The molecule has 9 heavy (non-hydrogen) atoms. The van der Waals surface area contributed by atoms with E-state index < -0.39 is 10.7 Å². The normalized spacial score (nSPS) is 14.8. The molecule has 0 aliphatic rings. The van der Waals surface area contributed by atoms with Crippen LogP contribution in [0.25, 0.3) is 0 Å². The van der Waals surface area contributed by atoms with E-state index in [0.29, 0.717) is 17.6 Å². The quantitative estimate of drug-likeness (QED) is 0.606. The zero-order valence-electron chi connectivity index (χ0n) is 6.13. The Balaban J connectivity index is 3.63. The first kappa shape index (κ1) is 8.95. The molecule has 0 bridgehead atoms. The molecule has 0 radical (unpaired) electrons. The Bertz CT molecular complexity index is 130. The SMILES string of the molecule is CC(C)C(C)C[SH](=O)=O. The Morgan fingerprint density at radius 2 is 1.67 bits per heavy atom. The van der Waals surface area contributed by atoms with Crippen molar-refractivity contribution in [3.63, 3.8) is 0 Å². The Hall–Kier alpha value is -0.0500. The maximum Gasteiger partial charge on any atom is 0.140 e. The van der Waals surface area contributed by atoms with Gasteiger partial charge >= 0.3 is 0 Å². The first-order valence-corrected chi connectivity index (χ1v) is 4.52. The minimum atomic E-state index is -2.17. The van der Waals surface area contributed by atoms with Gasteiger partial charge in [-0.25, -0.2) is 8.42 Å². The van der Waals surface area contributed by atoms with Crippen molar-refractivity contribution in [1.29, 1.82) is 0 Å². The van der Waals surface area contributed by atoms with Gasteiger partial charge in [0, 0.05) is 0 Å². The van der Waals surface area contributed by atoms with Crippen LogP contribution in [0.1, 0.15) is 20.8 Å². The summed E-state index contributed by atoms with van der Waals surface area (Å²) >= 11 is 0. The molecule has 0 aliphatic heterocycles. The molecule has 1 atom stereocenters. The van der Waals surface area contributed by atoms with E-state index >= 15 is 0 Å². The lowest BCUT2D eigenvalue weighted by Gasteiger charge is -2.10. The lowest BCUT2D eigenvalue weighted by molar-refractivity contribution is 0.456. The predicted molar refractivity (Wildman–Crippen MR) is 39.2 cm³/mol. The van der Waals surface area contributed by atoms with E-state index in [2.05, 4.69) is 0 Å². The smallest absolute Gasteiger partial charge is 0.140 e. The molecule has 0 spiro atoms. The maximum absolute atomic E-state index is 10.2. The summed E-state index contributed by atoms with van der Waals surface area (Å²) in [5.74, 6) is 1.09. The number of thiol groups is 1. The molecule has 2 nitrogen and oxygen atoms in total. The average molecular weight is 150 g/mol. The number of hydrogen-bond acceptors (Lipinski definition) is 2. The highest BCUT2D eigenvalue weighted by Gasteiger charge is 2.06. The molecule has 56 valence electrons. The van der Waals surface area contributed by atoms with E-state index in [1.165, 1.54) is 0 Å². The fraction of sp³-hybridized carbons (Fsp3) is 1.00. The van der Waals surface area contributed by atoms with Crippen LogP contribution in [0.3, 0.4) is 0 Å². The fourth-order valence-electron chi connectivity index (χ4n) is 0.446. The van der Waals surface area contributed by atoms with E-state index in [1.54, 1.807) is 0 Å². The first-order chi connectivity index (χ1) is 4.04. The van der Waals surface area contributed by atoms with E-state index in [0.717, 1.165) is 0 Å². The maximum atomic E-state index is 10.2. The summed E-state index contributed by atoms with van der Waals surface area (Å²) in [6, 6.07) is 0. The molecular formula is C6H14O2S. The zero-order chi connectivity index (χ0) is 7.44. The van der Waals surface area contributed by atoms with Crippen molar-refractivity contribution in [3.05, 3.63) is 0 Å². The molecule has 0 fully saturated rings. The van der Waals surface area contributed by atoms with E-state index in [1.807, 2.05) is 20.8 Å². The van der Waals surface area contributed by atoms with Crippen molar-refractivity contribution in [2.45, 2.75) is 20.8 Å². The van der Waals surface area contributed by atoms with Gasteiger partial charge in [-0.1, -0.05) is 20.8 Å². The molecule has 0 aromatic rings. The summed E-state index contributed by atoms with van der Waals surface area (Å²) in [5.41, 5.74) is 0. The van der Waals surface area contributed by atoms with Crippen molar-refractivity contribution in [3.8, 4) is 0 Å². The second-order valence-electron chi connectivity index (χ2n) is 2.74. The number of hydrogen-bond donors (Lipinski definition) is 1. The molecule has 1 unspecified atom stereocenters. The summed E-state index contributed by atoms with van der Waals surface area (Å²) in [4.78, 5) is 0. The Kier molecular flexibility index (Phi) is 3.86. The van der Waals surface area contributed by atoms with Crippen LogP contribution in [-0.2, 0) is 10.7 Å².